The molecule has 2 aliphatic carbocycles. The Kier molecular flexibility index (Phi) is 9.33. The average molecular weight is 704 g/mol. The fourth-order valence-corrected chi connectivity index (χ4v) is 7.66. The lowest BCUT2D eigenvalue weighted by Crippen LogP contribution is -2.60. The standard InChI is InChI=1S/C36H41N5O8S/c1-5-23-20-36(23,33(44)40-50(46,47)26-15-16-26)39-30(42)28-19-25(48-31-27-14-10-9-11-22(27)17-18-37-31)21-41(28)32(43)29(35(2,3)4)38-34(45)49-24-12-7-6-8-13-24/h5-14,17-18,23,25-26,28-29H,1,15-16,19-21H2,2-4H3,(H,38,45)(H,39,42)(H,40,44)/t23-,25+,28+,29+,36-/m0/s1. The number of pyridine rings is 1. The highest BCUT2D eigenvalue weighted by Crippen LogP contribution is 2.45. The van der Waals surface area contributed by atoms with E-state index in [0.29, 0.717) is 18.7 Å². The summed E-state index contributed by atoms with van der Waals surface area (Å²) in [5.74, 6) is -1.98. The van der Waals surface area contributed by atoms with Crippen molar-refractivity contribution in [2.45, 2.75) is 75.4 Å². The van der Waals surface area contributed by atoms with Gasteiger partial charge in [0.05, 0.1) is 11.8 Å². The molecular weight excluding hydrogens is 662 g/mol. The van der Waals surface area contributed by atoms with Crippen LogP contribution in [0, 0.1) is 11.3 Å². The minimum absolute atomic E-state index is 0.0324. The van der Waals surface area contributed by atoms with Gasteiger partial charge in [-0.1, -0.05) is 63.2 Å². The number of amides is 4. The summed E-state index contributed by atoms with van der Waals surface area (Å²) in [5, 5.41) is 6.47. The molecule has 264 valence electrons. The predicted octanol–water partition coefficient (Wildman–Crippen LogP) is 3.46. The van der Waals surface area contributed by atoms with Crippen molar-refractivity contribution in [1.82, 2.24) is 25.2 Å². The molecular formula is C36H41N5O8S. The number of aromatic nitrogens is 1. The maximum Gasteiger partial charge on any atom is 0.413 e. The van der Waals surface area contributed by atoms with Gasteiger partial charge in [0.15, 0.2) is 0 Å². The van der Waals surface area contributed by atoms with Crippen LogP contribution >= 0.6 is 0 Å². The number of carbonyl (C=O) groups excluding carboxylic acids is 4. The van der Waals surface area contributed by atoms with Crippen LogP contribution in [-0.4, -0.2) is 77.6 Å². The topological polar surface area (TPSA) is 173 Å². The molecule has 3 fully saturated rings. The van der Waals surface area contributed by atoms with E-state index in [4.69, 9.17) is 9.47 Å². The number of sulfonamides is 1. The van der Waals surface area contributed by atoms with Crippen molar-refractivity contribution in [2.24, 2.45) is 11.3 Å². The number of hydrogen-bond donors (Lipinski definition) is 3. The van der Waals surface area contributed by atoms with Gasteiger partial charge in [0.1, 0.15) is 29.5 Å². The van der Waals surface area contributed by atoms with E-state index < -0.39 is 74.1 Å². The molecule has 13 nitrogen and oxygen atoms in total. The molecule has 50 heavy (non-hydrogen) atoms. The largest absolute Gasteiger partial charge is 0.472 e. The first-order valence-electron chi connectivity index (χ1n) is 16.6. The van der Waals surface area contributed by atoms with Crippen LogP contribution in [0.1, 0.15) is 46.5 Å². The van der Waals surface area contributed by atoms with E-state index in [-0.39, 0.29) is 25.1 Å². The molecule has 0 radical (unpaired) electrons. The van der Waals surface area contributed by atoms with Gasteiger partial charge in [-0.25, -0.2) is 18.2 Å². The zero-order valence-electron chi connectivity index (χ0n) is 28.1. The minimum Gasteiger partial charge on any atom is -0.472 e. The third-order valence-corrected chi connectivity index (χ3v) is 11.2. The molecule has 2 heterocycles. The zero-order chi connectivity index (χ0) is 35.8. The summed E-state index contributed by atoms with van der Waals surface area (Å²) < 4.78 is 39.2. The maximum atomic E-state index is 14.4. The van der Waals surface area contributed by atoms with Crippen LogP contribution in [0.5, 0.6) is 11.6 Å². The molecule has 1 aromatic heterocycles. The van der Waals surface area contributed by atoms with Crippen LogP contribution in [0.15, 0.2) is 79.5 Å². The first-order chi connectivity index (χ1) is 23.7. The van der Waals surface area contributed by atoms with E-state index in [1.165, 1.54) is 11.0 Å². The summed E-state index contributed by atoms with van der Waals surface area (Å²) in [7, 11) is -3.89. The minimum atomic E-state index is -3.89. The Bertz CT molecular complexity index is 1920. The lowest BCUT2D eigenvalue weighted by molar-refractivity contribution is -0.142. The van der Waals surface area contributed by atoms with E-state index in [2.05, 4.69) is 26.9 Å². The molecule has 2 aromatic carbocycles. The van der Waals surface area contributed by atoms with Crippen molar-refractivity contribution in [3.05, 3.63) is 79.5 Å². The zero-order valence-corrected chi connectivity index (χ0v) is 28.9. The molecule has 1 aliphatic heterocycles. The summed E-state index contributed by atoms with van der Waals surface area (Å²) in [4.78, 5) is 60.8. The molecule has 3 N–H and O–H groups in total. The lowest BCUT2D eigenvalue weighted by atomic mass is 9.85. The monoisotopic (exact) mass is 703 g/mol. The van der Waals surface area contributed by atoms with Gasteiger partial charge in [0.2, 0.25) is 27.7 Å². The van der Waals surface area contributed by atoms with Crippen LogP contribution in [0.25, 0.3) is 10.8 Å². The quantitative estimate of drug-likeness (QED) is 0.253. The molecule has 0 unspecified atom stereocenters. The van der Waals surface area contributed by atoms with E-state index in [0.717, 1.165) is 10.8 Å². The molecule has 3 aliphatic rings. The smallest absolute Gasteiger partial charge is 0.413 e. The second kappa shape index (κ2) is 13.4. The van der Waals surface area contributed by atoms with Crippen LogP contribution in [0.4, 0.5) is 4.79 Å². The molecule has 3 aromatic rings. The molecule has 5 atom stereocenters. The highest BCUT2D eigenvalue weighted by atomic mass is 32.2. The van der Waals surface area contributed by atoms with Gasteiger partial charge in [-0.05, 0) is 54.3 Å². The van der Waals surface area contributed by atoms with E-state index in [1.54, 1.807) is 57.3 Å². The summed E-state index contributed by atoms with van der Waals surface area (Å²) in [6.45, 7) is 9.04. The highest BCUT2D eigenvalue weighted by molar-refractivity contribution is 7.91. The van der Waals surface area contributed by atoms with Crippen molar-refractivity contribution < 1.29 is 37.1 Å². The Balaban J connectivity index is 1.27. The van der Waals surface area contributed by atoms with E-state index in [1.807, 2.05) is 30.3 Å². The fraction of sp³-hybridized carbons (Fsp3) is 0.417. The third-order valence-electron chi connectivity index (χ3n) is 9.34. The Morgan fingerprint density at radius 1 is 1.04 bits per heavy atom. The van der Waals surface area contributed by atoms with Crippen LogP contribution in [0.2, 0.25) is 0 Å². The molecule has 6 rings (SSSR count). The number of nitrogens with one attached hydrogen (secondary N) is 3. The van der Waals surface area contributed by atoms with Gasteiger partial charge in [-0.2, -0.15) is 0 Å². The number of para-hydroxylation sites is 1. The van der Waals surface area contributed by atoms with Gasteiger partial charge >= 0.3 is 6.09 Å². The Labute approximate surface area is 290 Å². The first kappa shape index (κ1) is 34.9. The normalized spacial score (nSPS) is 23.7. The number of fused-ring (bicyclic) bond motifs is 1. The summed E-state index contributed by atoms with van der Waals surface area (Å²) in [5.41, 5.74) is -2.38. The third kappa shape index (κ3) is 7.30. The van der Waals surface area contributed by atoms with Gasteiger partial charge in [-0.15, -0.1) is 6.58 Å². The molecule has 0 bridgehead atoms. The number of carbonyl (C=O) groups is 4. The number of benzene rings is 2. The molecule has 2 saturated carbocycles. The first-order valence-corrected chi connectivity index (χ1v) is 18.1. The van der Waals surface area contributed by atoms with Crippen molar-refractivity contribution in [3.8, 4) is 11.6 Å². The molecule has 4 amide bonds. The Hall–Kier alpha value is -4.98. The van der Waals surface area contributed by atoms with Gasteiger partial charge in [0, 0.05) is 23.9 Å². The van der Waals surface area contributed by atoms with E-state index >= 15 is 0 Å². The summed E-state index contributed by atoms with van der Waals surface area (Å²) in [6, 6.07) is 15.5. The summed E-state index contributed by atoms with van der Waals surface area (Å²) >= 11 is 0. The maximum absolute atomic E-state index is 14.4. The summed E-state index contributed by atoms with van der Waals surface area (Å²) in [6.07, 6.45) is 2.66. The van der Waals surface area contributed by atoms with Crippen molar-refractivity contribution >= 4 is 44.6 Å². The number of rotatable bonds is 11. The highest BCUT2D eigenvalue weighted by Gasteiger charge is 2.62. The fourth-order valence-electron chi connectivity index (χ4n) is 6.30. The molecule has 0 spiro atoms. The number of likely N-dealkylation sites (tertiary alicyclic amines) is 1. The van der Waals surface area contributed by atoms with Crippen LogP contribution in [0.3, 0.4) is 0 Å². The van der Waals surface area contributed by atoms with Crippen LogP contribution in [-0.2, 0) is 24.4 Å². The van der Waals surface area contributed by atoms with Gasteiger partial charge in [0.25, 0.3) is 5.91 Å². The van der Waals surface area contributed by atoms with E-state index in [9.17, 15) is 27.6 Å². The molecule has 14 heteroatoms. The number of ether oxygens (including phenoxy) is 2. The lowest BCUT2D eigenvalue weighted by Gasteiger charge is -2.35. The Morgan fingerprint density at radius 2 is 1.74 bits per heavy atom. The van der Waals surface area contributed by atoms with Crippen molar-refractivity contribution in [1.29, 1.82) is 0 Å². The second-order valence-corrected chi connectivity index (χ2v) is 16.1. The van der Waals surface area contributed by atoms with Gasteiger partial charge < -0.3 is 25.0 Å². The van der Waals surface area contributed by atoms with Crippen LogP contribution < -0.4 is 24.8 Å². The Morgan fingerprint density at radius 3 is 2.40 bits per heavy atom. The van der Waals surface area contributed by atoms with Crippen molar-refractivity contribution in [2.75, 3.05) is 6.54 Å². The molecule has 1 saturated heterocycles. The van der Waals surface area contributed by atoms with Gasteiger partial charge in [-0.3, -0.25) is 19.1 Å². The van der Waals surface area contributed by atoms with Crippen molar-refractivity contribution in [3.63, 3.8) is 0 Å². The second-order valence-electron chi connectivity index (χ2n) is 14.1. The predicted molar refractivity (Wildman–Crippen MR) is 184 cm³/mol. The average Bonchev–Trinajstić information content (AvgIpc) is 4.00. The number of nitrogens with zero attached hydrogens (tertiary/aromatic N) is 2. The SMILES string of the molecule is C=C[C@H]1C[C@@]1(NC(=O)[C@H]1C[C@@H](Oc2nccc3ccccc23)CN1C(=O)[C@@H](NC(=O)Oc1ccccc1)C(C)(C)C)C(=O)NS(=O)(=O)C1CC1. The number of hydrogen-bond acceptors (Lipinski definition) is 9.